The Bertz CT molecular complexity index is 338. The summed E-state index contributed by atoms with van der Waals surface area (Å²) in [5.41, 5.74) is 1.33. The van der Waals surface area contributed by atoms with E-state index in [9.17, 15) is 4.55 Å². The average Bonchev–Trinajstić information content (AvgIpc) is 2.35. The first-order valence-corrected chi connectivity index (χ1v) is 9.13. The Kier molecular flexibility index (Phi) is 8.44. The molecule has 1 rings (SSSR count). The lowest BCUT2D eigenvalue weighted by molar-refractivity contribution is 0.601. The lowest BCUT2D eigenvalue weighted by Gasteiger charge is -2.04. The van der Waals surface area contributed by atoms with Gasteiger partial charge in [-0.25, -0.2) is 0 Å². The van der Waals surface area contributed by atoms with Crippen LogP contribution in [0.25, 0.3) is 0 Å². The molecule has 0 spiro atoms. The Labute approximate surface area is 114 Å². The van der Waals surface area contributed by atoms with Gasteiger partial charge in [0.1, 0.15) is 11.5 Å². The number of hydrogen-bond acceptors (Lipinski definition) is 3. The second-order valence-electron chi connectivity index (χ2n) is 3.28. The molecule has 1 aromatic rings. The molecular weight excluding hydrogens is 268 g/mol. The predicted octanol–water partition coefficient (Wildman–Crippen LogP) is 4.02. The Hall–Kier alpha value is -0.290. The monoisotopic (exact) mass is 284 g/mol. The molecule has 0 heterocycles. The van der Waals surface area contributed by atoms with Gasteiger partial charge in [0.05, 0.1) is 0 Å². The molecule has 0 aliphatic carbocycles. The molecule has 0 aliphatic heterocycles. The molecule has 0 amide bonds. The van der Waals surface area contributed by atoms with Gasteiger partial charge >= 0.3 is 0 Å². The van der Waals surface area contributed by atoms with Gasteiger partial charge in [-0.1, -0.05) is 58.5 Å². The minimum atomic E-state index is -0.789. The van der Waals surface area contributed by atoms with Gasteiger partial charge in [-0.15, -0.1) is 0 Å². The van der Waals surface area contributed by atoms with E-state index in [2.05, 4.69) is 30.8 Å². The van der Waals surface area contributed by atoms with Gasteiger partial charge in [0.25, 0.3) is 0 Å². The van der Waals surface area contributed by atoms with Crippen molar-refractivity contribution in [2.45, 2.75) is 5.75 Å². The van der Waals surface area contributed by atoms with Crippen LogP contribution in [-0.2, 0) is 16.9 Å². The molecule has 1 unspecified atom stereocenters. The van der Waals surface area contributed by atoms with Gasteiger partial charge < -0.3 is 4.55 Å². The average molecular weight is 284 g/mol. The van der Waals surface area contributed by atoms with Crippen LogP contribution in [0.3, 0.4) is 0 Å². The molecule has 0 saturated carbocycles. The van der Waals surface area contributed by atoms with E-state index in [1.54, 1.807) is 27.7 Å². The molecule has 92 valence electrons. The van der Waals surface area contributed by atoms with Crippen molar-refractivity contribution in [2.24, 2.45) is 0 Å². The normalized spacial score (nSPS) is 12.8. The molecule has 1 atom stereocenters. The Balaban J connectivity index is 2.08. The fourth-order valence-electron chi connectivity index (χ4n) is 1.10. The third-order valence-corrected chi connectivity index (χ3v) is 5.03. The highest BCUT2D eigenvalue weighted by Crippen LogP contribution is 2.26. The van der Waals surface area contributed by atoms with Crippen molar-refractivity contribution in [3.05, 3.63) is 60.0 Å². The predicted molar refractivity (Wildman–Crippen MR) is 82.5 cm³/mol. The summed E-state index contributed by atoms with van der Waals surface area (Å²) in [6, 6.07) is 10.4. The maximum Gasteiger partial charge on any atom is 0.124 e. The molecule has 0 N–H and O–H groups in total. The van der Waals surface area contributed by atoms with E-state index in [0.29, 0.717) is 11.5 Å². The van der Waals surface area contributed by atoms with Crippen LogP contribution in [0.15, 0.2) is 54.5 Å². The molecule has 4 heteroatoms. The molecule has 0 radical (unpaired) electrons. The van der Waals surface area contributed by atoms with Crippen LogP contribution in [0.5, 0.6) is 0 Å². The minimum Gasteiger partial charge on any atom is -0.616 e. The molecule has 0 bridgehead atoms. The standard InChI is InChI=1S/C13H16OS3/c1-2-10-17(14)11-6-9-15-16-12-13-7-4-3-5-8-13/h2-9H,1,10-12H2/b9-6+. The van der Waals surface area contributed by atoms with Crippen LogP contribution < -0.4 is 0 Å². The maximum atomic E-state index is 11.3. The Morgan fingerprint density at radius 2 is 2.00 bits per heavy atom. The van der Waals surface area contributed by atoms with E-state index in [4.69, 9.17) is 0 Å². The van der Waals surface area contributed by atoms with Crippen molar-refractivity contribution >= 4 is 32.8 Å². The summed E-state index contributed by atoms with van der Waals surface area (Å²) in [7, 11) is 3.47. The summed E-state index contributed by atoms with van der Waals surface area (Å²) in [6.45, 7) is 3.57. The van der Waals surface area contributed by atoms with E-state index in [1.165, 1.54) is 5.56 Å². The summed E-state index contributed by atoms with van der Waals surface area (Å²) in [5, 5.41) is 2.01. The highest BCUT2D eigenvalue weighted by molar-refractivity contribution is 8.77. The molecule has 0 fully saturated rings. The largest absolute Gasteiger partial charge is 0.616 e. The maximum absolute atomic E-state index is 11.3. The number of rotatable bonds is 8. The lowest BCUT2D eigenvalue weighted by atomic mass is 10.2. The molecule has 1 aromatic carbocycles. The first-order chi connectivity index (χ1) is 8.33. The van der Waals surface area contributed by atoms with E-state index in [-0.39, 0.29) is 0 Å². The highest BCUT2D eigenvalue weighted by Gasteiger charge is 1.97. The quantitative estimate of drug-likeness (QED) is 0.312. The van der Waals surface area contributed by atoms with Crippen LogP contribution in [0, 0.1) is 0 Å². The smallest absolute Gasteiger partial charge is 0.124 e. The second kappa shape index (κ2) is 9.71. The van der Waals surface area contributed by atoms with Crippen LogP contribution in [0.4, 0.5) is 0 Å². The van der Waals surface area contributed by atoms with Gasteiger partial charge in [-0.2, -0.15) is 0 Å². The fourth-order valence-corrected chi connectivity index (χ4v) is 3.67. The van der Waals surface area contributed by atoms with E-state index in [0.717, 1.165) is 5.75 Å². The fraction of sp³-hybridized carbons (Fsp3) is 0.231. The molecule has 17 heavy (non-hydrogen) atoms. The zero-order valence-electron chi connectivity index (χ0n) is 9.58. The topological polar surface area (TPSA) is 23.1 Å². The Morgan fingerprint density at radius 1 is 1.24 bits per heavy atom. The van der Waals surface area contributed by atoms with Crippen LogP contribution >= 0.6 is 21.6 Å². The highest BCUT2D eigenvalue weighted by atomic mass is 33.1. The van der Waals surface area contributed by atoms with Gasteiger partial charge in [0.2, 0.25) is 0 Å². The minimum absolute atomic E-state index is 0.576. The van der Waals surface area contributed by atoms with Gasteiger partial charge in [0.15, 0.2) is 0 Å². The van der Waals surface area contributed by atoms with Crippen LogP contribution in [0.1, 0.15) is 5.56 Å². The molecule has 0 aliphatic rings. The van der Waals surface area contributed by atoms with Crippen molar-refractivity contribution in [2.75, 3.05) is 11.5 Å². The summed E-state index contributed by atoms with van der Waals surface area (Å²) in [5.74, 6) is 2.18. The molecule has 1 nitrogen and oxygen atoms in total. The first kappa shape index (κ1) is 14.8. The van der Waals surface area contributed by atoms with Crippen molar-refractivity contribution in [1.29, 1.82) is 0 Å². The number of hydrogen-bond donors (Lipinski definition) is 0. The van der Waals surface area contributed by atoms with Gasteiger partial charge in [-0.05, 0) is 34.3 Å². The van der Waals surface area contributed by atoms with Gasteiger partial charge in [0, 0.05) is 5.75 Å². The summed E-state index contributed by atoms with van der Waals surface area (Å²) in [4.78, 5) is 0. The van der Waals surface area contributed by atoms with Crippen LogP contribution in [-0.4, -0.2) is 16.1 Å². The Morgan fingerprint density at radius 3 is 2.71 bits per heavy atom. The first-order valence-electron chi connectivity index (χ1n) is 5.26. The van der Waals surface area contributed by atoms with Gasteiger partial charge in [-0.3, -0.25) is 0 Å². The summed E-state index contributed by atoms with van der Waals surface area (Å²) >= 11 is -0.789. The zero-order valence-corrected chi connectivity index (χ0v) is 12.0. The summed E-state index contributed by atoms with van der Waals surface area (Å²) in [6.07, 6.45) is 3.66. The van der Waals surface area contributed by atoms with E-state index in [1.807, 2.05) is 17.6 Å². The van der Waals surface area contributed by atoms with Crippen LogP contribution in [0.2, 0.25) is 0 Å². The van der Waals surface area contributed by atoms with Crippen molar-refractivity contribution in [1.82, 2.24) is 0 Å². The lowest BCUT2D eigenvalue weighted by Crippen LogP contribution is -2.06. The SMILES string of the molecule is C=CC[S+]([O-])C/C=C/SSCc1ccccc1. The number of benzene rings is 1. The van der Waals surface area contributed by atoms with Crippen molar-refractivity contribution < 1.29 is 4.55 Å². The third-order valence-electron chi connectivity index (χ3n) is 1.87. The summed E-state index contributed by atoms with van der Waals surface area (Å²) < 4.78 is 11.3. The van der Waals surface area contributed by atoms with E-state index < -0.39 is 11.2 Å². The molecular formula is C13H16OS3. The third kappa shape index (κ3) is 7.60. The van der Waals surface area contributed by atoms with Crippen molar-refractivity contribution in [3.8, 4) is 0 Å². The van der Waals surface area contributed by atoms with Crippen molar-refractivity contribution in [3.63, 3.8) is 0 Å². The molecule has 0 saturated heterocycles. The zero-order chi connectivity index (χ0) is 12.3. The second-order valence-corrected chi connectivity index (χ2v) is 7.10. The molecule has 0 aromatic heterocycles. The van der Waals surface area contributed by atoms with E-state index >= 15 is 0 Å².